The number of carbonyl (C=O) groups excluding carboxylic acids is 4. The van der Waals surface area contributed by atoms with Crippen molar-refractivity contribution in [1.29, 1.82) is 0 Å². The molecule has 4 amide bonds. The summed E-state index contributed by atoms with van der Waals surface area (Å²) in [4.78, 5) is 59.1. The topological polar surface area (TPSA) is 182 Å². The molecule has 312 valence electrons. The minimum atomic E-state index is -2.02. The van der Waals surface area contributed by atoms with E-state index in [1.165, 1.54) is 28.4 Å². The largest absolute Gasteiger partial charge is 0.481 e. The standard InChI is InChI=1S/C40H53F3N6O7S/c1-6-25(11-9-14-31-24(2)46-23-57-31)28(20-32(51)44-17-7-8-18-45-33(52)22-56-30-13-10-12-27(41)34(30)42)47-36(53)29-19-26(50)21-49(29)37(54)35(39(3,4)5)48-38(55)40(43)15-16-40/h6,9-14,23,26,28-29,32,35,44,50-51H,1,7-8,15-22H2,2-5H3,(H,45,52)(H,47,53)(H,48,55)/b14-9+,25-11+/t26-,28+,29+,32?,35-/m1/s1. The lowest BCUT2D eigenvalue weighted by atomic mass is 9.85. The normalized spacial score (nSPS) is 19.5. The van der Waals surface area contributed by atoms with Crippen molar-refractivity contribution < 1.29 is 47.3 Å². The molecule has 13 nitrogen and oxygen atoms in total. The van der Waals surface area contributed by atoms with E-state index in [0.29, 0.717) is 25.0 Å². The molecular weight excluding hydrogens is 766 g/mol. The van der Waals surface area contributed by atoms with Crippen LogP contribution in [0.1, 0.15) is 69.9 Å². The number of hydrogen-bond donors (Lipinski definition) is 6. The second-order valence-electron chi connectivity index (χ2n) is 15.3. The molecule has 4 rings (SSSR count). The summed E-state index contributed by atoms with van der Waals surface area (Å²) >= 11 is 1.45. The predicted octanol–water partition coefficient (Wildman–Crippen LogP) is 3.61. The third-order valence-corrected chi connectivity index (χ3v) is 10.6. The summed E-state index contributed by atoms with van der Waals surface area (Å²) in [5.74, 6) is -5.26. The molecule has 0 bridgehead atoms. The first kappa shape index (κ1) is 45.1. The maximum Gasteiger partial charge on any atom is 0.258 e. The number of likely N-dealkylation sites (tertiary alicyclic amines) is 1. The number of nitrogens with one attached hydrogen (secondary N) is 4. The molecule has 57 heavy (non-hydrogen) atoms. The Morgan fingerprint density at radius 2 is 1.88 bits per heavy atom. The van der Waals surface area contributed by atoms with Crippen molar-refractivity contribution in [3.05, 3.63) is 76.3 Å². The van der Waals surface area contributed by atoms with Crippen LogP contribution < -0.4 is 26.0 Å². The molecule has 1 aromatic heterocycles. The summed E-state index contributed by atoms with van der Waals surface area (Å²) < 4.78 is 46.8. The highest BCUT2D eigenvalue weighted by molar-refractivity contribution is 7.10. The fourth-order valence-electron chi connectivity index (χ4n) is 6.15. The smallest absolute Gasteiger partial charge is 0.258 e. The Hall–Kier alpha value is -4.58. The Bertz CT molecular complexity index is 1810. The molecule has 0 radical (unpaired) electrons. The van der Waals surface area contributed by atoms with Crippen LogP contribution in [0.4, 0.5) is 13.2 Å². The molecule has 2 aliphatic rings. The molecule has 1 aliphatic carbocycles. The molecule has 2 aromatic rings. The van der Waals surface area contributed by atoms with Gasteiger partial charge in [0.25, 0.3) is 11.8 Å². The average molecular weight is 819 g/mol. The maximum absolute atomic E-state index is 14.6. The van der Waals surface area contributed by atoms with E-state index in [0.717, 1.165) is 16.6 Å². The van der Waals surface area contributed by atoms with Crippen molar-refractivity contribution in [1.82, 2.24) is 31.2 Å². The van der Waals surface area contributed by atoms with E-state index < -0.39 is 83.4 Å². The van der Waals surface area contributed by atoms with E-state index in [1.54, 1.807) is 44.5 Å². The Morgan fingerprint density at radius 1 is 1.16 bits per heavy atom. The lowest BCUT2D eigenvalue weighted by molar-refractivity contribution is -0.145. The summed E-state index contributed by atoms with van der Waals surface area (Å²) in [5, 5.41) is 32.8. The second-order valence-corrected chi connectivity index (χ2v) is 16.2. The van der Waals surface area contributed by atoms with Gasteiger partial charge in [0.15, 0.2) is 23.8 Å². The number of aliphatic hydroxyl groups excluding tert-OH is 2. The molecule has 5 atom stereocenters. The van der Waals surface area contributed by atoms with Crippen molar-refractivity contribution in [3.63, 3.8) is 0 Å². The minimum absolute atomic E-state index is 0.0236. The number of hydrogen-bond acceptors (Lipinski definition) is 10. The summed E-state index contributed by atoms with van der Waals surface area (Å²) in [5.41, 5.74) is 0.235. The highest BCUT2D eigenvalue weighted by Crippen LogP contribution is 2.40. The number of nitrogens with zero attached hydrogens (tertiary/aromatic N) is 2. The van der Waals surface area contributed by atoms with Gasteiger partial charge in [-0.25, -0.2) is 13.8 Å². The number of unbranched alkanes of at least 4 members (excludes halogenated alkanes) is 1. The SMILES string of the molecule is C=C/C(=C\C=C\c1scnc1C)[C@H](CC(O)NCCCCNC(=O)COc1cccc(F)c1F)NC(=O)[C@@H]1C[C@@H](O)CN1C(=O)[C@@H](NC(=O)C1(F)CC1)C(C)(C)C. The molecule has 2 fully saturated rings. The van der Waals surface area contributed by atoms with Gasteiger partial charge in [0, 0.05) is 30.8 Å². The first-order chi connectivity index (χ1) is 26.9. The van der Waals surface area contributed by atoms with Crippen molar-refractivity contribution >= 4 is 41.0 Å². The fourth-order valence-corrected chi connectivity index (χ4v) is 6.86. The quantitative estimate of drug-likeness (QED) is 0.0661. The summed E-state index contributed by atoms with van der Waals surface area (Å²) in [7, 11) is 0. The number of aryl methyl sites for hydroxylation is 1. The Labute approximate surface area is 334 Å². The van der Waals surface area contributed by atoms with Gasteiger partial charge in [-0.3, -0.25) is 24.5 Å². The van der Waals surface area contributed by atoms with E-state index in [2.05, 4.69) is 32.8 Å². The van der Waals surface area contributed by atoms with Crippen LogP contribution in [0.2, 0.25) is 0 Å². The van der Waals surface area contributed by atoms with Crippen molar-refractivity contribution in [2.24, 2.45) is 5.41 Å². The zero-order valence-corrected chi connectivity index (χ0v) is 33.5. The summed E-state index contributed by atoms with van der Waals surface area (Å²) in [6.07, 6.45) is 5.81. The van der Waals surface area contributed by atoms with Gasteiger partial charge in [-0.2, -0.15) is 4.39 Å². The Balaban J connectivity index is 1.38. The van der Waals surface area contributed by atoms with E-state index in [4.69, 9.17) is 4.74 Å². The Morgan fingerprint density at radius 3 is 2.53 bits per heavy atom. The van der Waals surface area contributed by atoms with Crippen LogP contribution in [0.5, 0.6) is 5.75 Å². The van der Waals surface area contributed by atoms with Crippen LogP contribution in [0.25, 0.3) is 6.08 Å². The summed E-state index contributed by atoms with van der Waals surface area (Å²) in [6, 6.07) is 0.307. The number of halogens is 3. The number of rotatable bonds is 20. The zero-order valence-electron chi connectivity index (χ0n) is 32.7. The average Bonchev–Trinajstić information content (AvgIpc) is 3.58. The van der Waals surface area contributed by atoms with Crippen LogP contribution in [0, 0.1) is 24.0 Å². The molecule has 17 heteroatoms. The van der Waals surface area contributed by atoms with Crippen molar-refractivity contribution in [3.8, 4) is 5.75 Å². The molecule has 2 heterocycles. The van der Waals surface area contributed by atoms with Crippen LogP contribution in [0.15, 0.2) is 54.1 Å². The van der Waals surface area contributed by atoms with Gasteiger partial charge in [-0.1, -0.05) is 51.6 Å². The van der Waals surface area contributed by atoms with Crippen molar-refractivity contribution in [2.45, 2.75) is 102 Å². The molecule has 1 aromatic carbocycles. The number of ether oxygens (including phenoxy) is 1. The van der Waals surface area contributed by atoms with Gasteiger partial charge in [-0.05, 0) is 68.3 Å². The molecule has 0 spiro atoms. The van der Waals surface area contributed by atoms with Crippen molar-refractivity contribution in [2.75, 3.05) is 26.2 Å². The molecule has 1 saturated heterocycles. The number of aliphatic hydroxyl groups is 2. The van der Waals surface area contributed by atoms with Gasteiger partial charge in [0.05, 0.1) is 23.4 Å². The third kappa shape index (κ3) is 13.0. The third-order valence-electron chi connectivity index (χ3n) is 9.66. The van der Waals surface area contributed by atoms with E-state index >= 15 is 0 Å². The lowest BCUT2D eigenvalue weighted by Crippen LogP contribution is -2.59. The van der Waals surface area contributed by atoms with Gasteiger partial charge in [0.1, 0.15) is 18.3 Å². The zero-order chi connectivity index (χ0) is 41.9. The number of allylic oxidation sites excluding steroid dienone is 2. The maximum atomic E-state index is 14.6. The van der Waals surface area contributed by atoms with Gasteiger partial charge < -0.3 is 35.8 Å². The van der Waals surface area contributed by atoms with Gasteiger partial charge in [-0.15, -0.1) is 11.3 Å². The number of thiazole rings is 1. The second kappa shape index (κ2) is 20.2. The minimum Gasteiger partial charge on any atom is -0.481 e. The van der Waals surface area contributed by atoms with E-state index in [-0.39, 0.29) is 44.5 Å². The van der Waals surface area contributed by atoms with Gasteiger partial charge in [0.2, 0.25) is 17.6 Å². The highest BCUT2D eigenvalue weighted by atomic mass is 32.1. The first-order valence-electron chi connectivity index (χ1n) is 18.9. The number of amides is 4. The number of aromatic nitrogens is 1. The first-order valence-corrected chi connectivity index (χ1v) is 19.8. The molecule has 1 unspecified atom stereocenters. The number of benzene rings is 1. The van der Waals surface area contributed by atoms with E-state index in [9.17, 15) is 42.6 Å². The highest BCUT2D eigenvalue weighted by Gasteiger charge is 2.53. The van der Waals surface area contributed by atoms with Crippen LogP contribution in [-0.4, -0.2) is 106 Å². The van der Waals surface area contributed by atoms with Gasteiger partial charge >= 0.3 is 0 Å². The molecule has 1 aliphatic heterocycles. The summed E-state index contributed by atoms with van der Waals surface area (Å²) in [6.45, 7) is 10.9. The number of carbonyl (C=O) groups is 4. The van der Waals surface area contributed by atoms with Crippen LogP contribution >= 0.6 is 11.3 Å². The Kier molecular flexibility index (Phi) is 16.0. The van der Waals surface area contributed by atoms with Crippen LogP contribution in [-0.2, 0) is 19.2 Å². The van der Waals surface area contributed by atoms with Crippen LogP contribution in [0.3, 0.4) is 0 Å². The lowest BCUT2D eigenvalue weighted by Gasteiger charge is -2.36. The van der Waals surface area contributed by atoms with E-state index in [1.807, 2.05) is 13.0 Å². The molecule has 6 N–H and O–H groups in total. The number of alkyl halides is 1. The monoisotopic (exact) mass is 818 g/mol. The number of β-amino-alcohol motifs (C(OH)–C–C–N with tert-alkyl or cyclic N) is 1. The predicted molar refractivity (Wildman–Crippen MR) is 209 cm³/mol. The fraction of sp³-hybridized carbons (Fsp3) is 0.525. The molecular formula is C40H53F3N6O7S. The molecule has 1 saturated carbocycles.